The number of benzene rings is 2. The predicted octanol–water partition coefficient (Wildman–Crippen LogP) is 5.80. The van der Waals surface area contributed by atoms with Crippen molar-refractivity contribution in [1.29, 1.82) is 0 Å². The van der Waals surface area contributed by atoms with Crippen LogP contribution in [0, 0.1) is 22.9 Å². The Morgan fingerprint density at radius 1 is 1.21 bits per heavy atom. The van der Waals surface area contributed by atoms with Crippen LogP contribution in [-0.2, 0) is 4.79 Å². The van der Waals surface area contributed by atoms with E-state index in [0.717, 1.165) is 0 Å². The molecular formula is C28H31ClF3N3O4. The molecule has 1 aliphatic rings. The maximum atomic E-state index is 13.9. The van der Waals surface area contributed by atoms with Gasteiger partial charge in [0, 0.05) is 42.4 Å². The second-order valence-corrected chi connectivity index (χ2v) is 10.4. The van der Waals surface area contributed by atoms with Gasteiger partial charge in [0.05, 0.1) is 30.2 Å². The van der Waals surface area contributed by atoms with E-state index in [0.29, 0.717) is 84.7 Å². The first-order valence-corrected chi connectivity index (χ1v) is 13.1. The molecule has 0 bridgehead atoms. The summed E-state index contributed by atoms with van der Waals surface area (Å²) in [5.41, 5.74) is 0.313. The summed E-state index contributed by atoms with van der Waals surface area (Å²) in [5.74, 6) is -3.27. The molecule has 1 atom stereocenters. The van der Waals surface area contributed by atoms with Crippen LogP contribution in [0.3, 0.4) is 0 Å². The van der Waals surface area contributed by atoms with Gasteiger partial charge >= 0.3 is 5.97 Å². The van der Waals surface area contributed by atoms with Crippen LogP contribution in [0.25, 0.3) is 10.9 Å². The average Bonchev–Trinajstić information content (AvgIpc) is 2.89. The summed E-state index contributed by atoms with van der Waals surface area (Å²) in [4.78, 5) is 18.2. The van der Waals surface area contributed by atoms with Crippen LogP contribution in [0.5, 0.6) is 5.75 Å². The van der Waals surface area contributed by atoms with E-state index in [1.165, 1.54) is 6.20 Å². The minimum atomic E-state index is -0.995. The fourth-order valence-corrected chi connectivity index (χ4v) is 5.63. The minimum Gasteiger partial charge on any atom is -0.497 e. The highest BCUT2D eigenvalue weighted by Crippen LogP contribution is 2.43. The average molecular weight is 566 g/mol. The molecule has 0 radical (unpaired) electrons. The minimum absolute atomic E-state index is 0.0313. The van der Waals surface area contributed by atoms with E-state index in [2.05, 4.69) is 15.2 Å². The molecule has 1 aromatic heterocycles. The van der Waals surface area contributed by atoms with Gasteiger partial charge in [-0.15, -0.1) is 0 Å². The second kappa shape index (κ2) is 12.4. The summed E-state index contributed by atoms with van der Waals surface area (Å²) in [5, 5.41) is 24.5. The van der Waals surface area contributed by atoms with Gasteiger partial charge in [0.2, 0.25) is 0 Å². The largest absolute Gasteiger partial charge is 0.497 e. The molecule has 0 spiro atoms. The third-order valence-corrected chi connectivity index (χ3v) is 7.83. The van der Waals surface area contributed by atoms with Crippen LogP contribution < -0.4 is 10.1 Å². The van der Waals surface area contributed by atoms with Crippen molar-refractivity contribution in [1.82, 2.24) is 9.88 Å². The monoisotopic (exact) mass is 565 g/mol. The number of halogens is 4. The summed E-state index contributed by atoms with van der Waals surface area (Å²) in [6.45, 7) is 1.90. The molecule has 1 unspecified atom stereocenters. The lowest BCUT2D eigenvalue weighted by Crippen LogP contribution is -2.43. The number of anilines is 1. The number of nitrogens with one attached hydrogen (secondary N) is 1. The summed E-state index contributed by atoms with van der Waals surface area (Å²) < 4.78 is 46.2. The molecular weight excluding hydrogens is 535 g/mol. The Kier molecular flexibility index (Phi) is 9.19. The predicted molar refractivity (Wildman–Crippen MR) is 143 cm³/mol. The normalized spacial score (nSPS) is 16.3. The molecule has 2 aromatic carbocycles. The molecule has 1 aliphatic heterocycles. The number of carbonyl (C=O) groups is 1. The number of aliphatic carboxylic acids is 1. The van der Waals surface area contributed by atoms with E-state index in [9.17, 15) is 28.2 Å². The topological polar surface area (TPSA) is 94.9 Å². The fourth-order valence-electron chi connectivity index (χ4n) is 5.36. The number of hydrogen-bond acceptors (Lipinski definition) is 6. The molecule has 0 saturated carbocycles. The van der Waals surface area contributed by atoms with Gasteiger partial charge in [0.1, 0.15) is 17.3 Å². The van der Waals surface area contributed by atoms with Crippen molar-refractivity contribution >= 4 is 34.2 Å². The molecule has 3 aromatic rings. The molecule has 210 valence electrons. The van der Waals surface area contributed by atoms with E-state index >= 15 is 0 Å². The fraction of sp³-hybridized carbons (Fsp3) is 0.429. The van der Waals surface area contributed by atoms with Crippen LogP contribution in [0.4, 0.5) is 18.9 Å². The Bertz CT molecular complexity index is 1310. The number of aliphatic hydroxyl groups excluding tert-OH is 1. The smallest absolute Gasteiger partial charge is 0.303 e. The van der Waals surface area contributed by atoms with Crippen molar-refractivity contribution in [2.45, 2.75) is 38.2 Å². The third-order valence-electron chi connectivity index (χ3n) is 7.53. The number of pyridine rings is 1. The SMILES string of the molecule is COc1ccc2ncc(Cl)c(C(O)CCC3(CC(=O)O)CCN(CCNc4c(F)cc(F)cc4F)CC3)c2c1. The van der Waals surface area contributed by atoms with Crippen LogP contribution in [0.15, 0.2) is 36.5 Å². The third kappa shape index (κ3) is 6.93. The van der Waals surface area contributed by atoms with Gasteiger partial charge in [-0.1, -0.05) is 11.6 Å². The van der Waals surface area contributed by atoms with Crippen molar-refractivity contribution in [3.63, 3.8) is 0 Å². The summed E-state index contributed by atoms with van der Waals surface area (Å²) in [6, 6.07) is 6.59. The molecule has 0 aliphatic carbocycles. The van der Waals surface area contributed by atoms with Crippen molar-refractivity contribution < 1.29 is 32.9 Å². The quantitative estimate of drug-likeness (QED) is 0.271. The highest BCUT2D eigenvalue weighted by molar-refractivity contribution is 6.32. The molecule has 4 rings (SSSR count). The summed E-state index contributed by atoms with van der Waals surface area (Å²) in [7, 11) is 1.55. The number of nitrogens with zero attached hydrogens (tertiary/aromatic N) is 2. The number of rotatable bonds is 11. The first-order valence-electron chi connectivity index (χ1n) is 12.7. The van der Waals surface area contributed by atoms with Crippen molar-refractivity contribution in [3.05, 3.63) is 64.6 Å². The zero-order valence-electron chi connectivity index (χ0n) is 21.5. The Labute approximate surface area is 229 Å². The number of carboxylic acids is 1. The van der Waals surface area contributed by atoms with Gasteiger partial charge in [-0.3, -0.25) is 9.78 Å². The highest BCUT2D eigenvalue weighted by atomic mass is 35.5. The molecule has 7 nitrogen and oxygen atoms in total. The number of aliphatic hydroxyl groups is 1. The van der Waals surface area contributed by atoms with Crippen molar-refractivity contribution in [2.24, 2.45) is 5.41 Å². The highest BCUT2D eigenvalue weighted by Gasteiger charge is 2.37. The molecule has 1 fully saturated rings. The van der Waals surface area contributed by atoms with E-state index in [-0.39, 0.29) is 18.7 Å². The van der Waals surface area contributed by atoms with Gasteiger partial charge in [0.15, 0.2) is 11.6 Å². The summed E-state index contributed by atoms with van der Waals surface area (Å²) in [6.07, 6.45) is 2.50. The number of piperidine rings is 1. The lowest BCUT2D eigenvalue weighted by molar-refractivity contribution is -0.141. The van der Waals surface area contributed by atoms with Gasteiger partial charge < -0.3 is 25.2 Å². The number of hydrogen-bond donors (Lipinski definition) is 3. The number of likely N-dealkylation sites (tertiary alicyclic amines) is 1. The zero-order chi connectivity index (χ0) is 28.2. The van der Waals surface area contributed by atoms with Gasteiger partial charge in [-0.25, -0.2) is 13.2 Å². The Balaban J connectivity index is 1.39. The van der Waals surface area contributed by atoms with E-state index in [4.69, 9.17) is 16.3 Å². The van der Waals surface area contributed by atoms with Gasteiger partial charge in [0.25, 0.3) is 0 Å². The lowest BCUT2D eigenvalue weighted by Gasteiger charge is -2.41. The number of methoxy groups -OCH3 is 1. The van der Waals surface area contributed by atoms with Crippen LogP contribution in [0.1, 0.15) is 43.8 Å². The molecule has 2 heterocycles. The summed E-state index contributed by atoms with van der Waals surface area (Å²) >= 11 is 6.44. The first-order chi connectivity index (χ1) is 18.6. The molecule has 39 heavy (non-hydrogen) atoms. The van der Waals surface area contributed by atoms with Crippen molar-refractivity contribution in [3.8, 4) is 5.75 Å². The zero-order valence-corrected chi connectivity index (χ0v) is 22.3. The number of carboxylic acid groups (broad SMARTS) is 1. The van der Waals surface area contributed by atoms with Crippen molar-refractivity contribution in [2.75, 3.05) is 38.6 Å². The molecule has 0 amide bonds. The molecule has 11 heteroatoms. The first kappa shape index (κ1) is 28.9. The standard InChI is InChI=1S/C28H31ClF3N3O4/c1-39-18-2-3-23-19(14-18)26(20(29)16-34-23)24(36)4-5-28(15-25(37)38)6-9-35(10-7-28)11-8-33-27-21(31)12-17(30)13-22(27)32/h2-3,12-14,16,24,33,36H,4-11,15H2,1H3,(H,37,38). The number of ether oxygens (including phenoxy) is 1. The van der Waals surface area contributed by atoms with E-state index < -0.39 is 34.9 Å². The molecule has 1 saturated heterocycles. The maximum absolute atomic E-state index is 13.9. The van der Waals surface area contributed by atoms with Gasteiger partial charge in [-0.2, -0.15) is 0 Å². The maximum Gasteiger partial charge on any atom is 0.303 e. The number of aromatic nitrogens is 1. The number of fused-ring (bicyclic) bond motifs is 1. The van der Waals surface area contributed by atoms with Crippen LogP contribution in [0.2, 0.25) is 5.02 Å². The Morgan fingerprint density at radius 2 is 1.90 bits per heavy atom. The van der Waals surface area contributed by atoms with Crippen LogP contribution in [-0.4, -0.2) is 59.4 Å². The lowest BCUT2D eigenvalue weighted by atomic mass is 9.71. The van der Waals surface area contributed by atoms with Gasteiger partial charge in [-0.05, 0) is 62.4 Å². The molecule has 3 N–H and O–H groups in total. The van der Waals surface area contributed by atoms with E-state index in [1.807, 2.05) is 0 Å². The van der Waals surface area contributed by atoms with E-state index in [1.54, 1.807) is 25.3 Å². The Morgan fingerprint density at radius 3 is 2.54 bits per heavy atom. The Hall–Kier alpha value is -3.08. The van der Waals surface area contributed by atoms with Crippen LogP contribution >= 0.6 is 11.6 Å². The second-order valence-electron chi connectivity index (χ2n) is 10.0.